The van der Waals surface area contributed by atoms with Gasteiger partial charge in [0.2, 0.25) is 0 Å². The Kier molecular flexibility index (Phi) is 17.4. The van der Waals surface area contributed by atoms with E-state index in [2.05, 4.69) is 187 Å². The van der Waals surface area contributed by atoms with E-state index in [-0.39, 0.29) is 31.3 Å². The Morgan fingerprint density at radius 2 is 1.12 bits per heavy atom. The van der Waals surface area contributed by atoms with Crippen molar-refractivity contribution in [3.8, 4) is 44.9 Å². The van der Waals surface area contributed by atoms with E-state index in [4.69, 9.17) is 9.40 Å². The fourth-order valence-electron chi connectivity index (χ4n) is 8.55. The topological polar surface area (TPSA) is 51.8 Å². The van der Waals surface area contributed by atoms with Crippen molar-refractivity contribution in [1.82, 2.24) is 15.0 Å². The van der Waals surface area contributed by atoms with E-state index in [1.807, 2.05) is 36.7 Å². The van der Waals surface area contributed by atoms with Crippen LogP contribution < -0.4 is 5.19 Å². The van der Waals surface area contributed by atoms with E-state index in [9.17, 15) is 4.39 Å². The molecule has 1 radical (unpaired) electrons. The standard InChI is InChI=1S/C28H24FNO.C18H25NSi.C15H17N.Ir/c1-28(2,3)17-18-13-14-30-25(15-18)24-6-4-5-23-22-12-9-20(16-26(22)31-27(23)24)19-7-10-21(29)11-8-19;1-14(2)11-16-12-17(15-9-7-6-8-10-15)19-13-18(16)20(3,4)5;1-12(2)10-13-8-9-16-15(11-13)14-6-4-3-5-7-14;/h4-16H,17H2,1-3H3;6-10,12-14H,11H2,1-5H3;3-9,11-12H,10H2,1-2H3;. The van der Waals surface area contributed by atoms with Gasteiger partial charge in [0.05, 0.1) is 25.2 Å². The minimum atomic E-state index is -1.33. The SMILES string of the molecule is CC(C)(C)Cc1ccnc(-c2cccc3c2oc2cc(-c4ccc(F)cc4)ccc23)c1.CC(C)Cc1cc(-c2ccccc2)ncc1[Si](C)(C)C.CC(C)Cc1ccnc(-c2ccccc2)c1.[Ir]. The van der Waals surface area contributed by atoms with Crippen molar-refractivity contribution < 1.29 is 28.9 Å². The second-order valence-electron chi connectivity index (χ2n) is 20.7. The van der Waals surface area contributed by atoms with Crippen molar-refractivity contribution in [3.05, 3.63) is 193 Å². The van der Waals surface area contributed by atoms with Gasteiger partial charge in [0.25, 0.3) is 0 Å². The average Bonchev–Trinajstić information content (AvgIpc) is 3.67. The third-order valence-electron chi connectivity index (χ3n) is 11.5. The van der Waals surface area contributed by atoms with Gasteiger partial charge in [-0.05, 0) is 130 Å². The summed E-state index contributed by atoms with van der Waals surface area (Å²) in [5, 5.41) is 3.64. The third kappa shape index (κ3) is 13.9. The Morgan fingerprint density at radius 3 is 1.72 bits per heavy atom. The van der Waals surface area contributed by atoms with Crippen LogP contribution in [0.25, 0.3) is 66.8 Å². The summed E-state index contributed by atoms with van der Waals surface area (Å²) in [6.45, 7) is 23.0. The minimum Gasteiger partial charge on any atom is -0.455 e. The number of nitrogens with zero attached hydrogens (tertiary/aromatic N) is 3. The summed E-state index contributed by atoms with van der Waals surface area (Å²) in [4.78, 5) is 13.8. The van der Waals surface area contributed by atoms with Gasteiger partial charge < -0.3 is 4.42 Å². The second-order valence-corrected chi connectivity index (χ2v) is 25.8. The zero-order chi connectivity index (χ0) is 47.7. The molecule has 9 rings (SSSR count). The molecule has 0 aliphatic rings. The number of rotatable bonds is 10. The van der Waals surface area contributed by atoms with Crippen LogP contribution in [0.2, 0.25) is 19.6 Å². The molecule has 4 aromatic heterocycles. The van der Waals surface area contributed by atoms with Gasteiger partial charge in [-0.1, -0.05) is 159 Å². The van der Waals surface area contributed by atoms with E-state index in [1.54, 1.807) is 12.1 Å². The van der Waals surface area contributed by atoms with Crippen LogP contribution in [-0.4, -0.2) is 23.0 Å². The van der Waals surface area contributed by atoms with E-state index < -0.39 is 8.07 Å². The summed E-state index contributed by atoms with van der Waals surface area (Å²) in [6, 6.07) is 50.5. The number of furan rings is 1. The van der Waals surface area contributed by atoms with Gasteiger partial charge in [0.15, 0.2) is 0 Å². The van der Waals surface area contributed by atoms with Crippen LogP contribution in [0, 0.1) is 23.1 Å². The smallest absolute Gasteiger partial charge is 0.144 e. The molecule has 0 bridgehead atoms. The molecule has 0 saturated carbocycles. The largest absolute Gasteiger partial charge is 0.455 e. The number of halogens is 1. The monoisotopic (exact) mass is 1100 g/mol. The first-order valence-electron chi connectivity index (χ1n) is 23.7. The summed E-state index contributed by atoms with van der Waals surface area (Å²) in [5.74, 6) is 1.13. The third-order valence-corrected chi connectivity index (χ3v) is 13.6. The van der Waals surface area contributed by atoms with Crippen LogP contribution in [0.15, 0.2) is 175 Å². The molecule has 0 atom stereocenters. The zero-order valence-corrected chi connectivity index (χ0v) is 44.8. The fourth-order valence-corrected chi connectivity index (χ4v) is 10.1. The van der Waals surface area contributed by atoms with Crippen LogP contribution in [0.5, 0.6) is 0 Å². The first-order chi connectivity index (χ1) is 32.0. The summed E-state index contributed by atoms with van der Waals surface area (Å²) >= 11 is 0. The average molecular weight is 1100 g/mol. The summed E-state index contributed by atoms with van der Waals surface area (Å²) in [6.07, 6.45) is 9.15. The van der Waals surface area contributed by atoms with Gasteiger partial charge >= 0.3 is 0 Å². The quantitative estimate of drug-likeness (QED) is 0.128. The molecule has 0 saturated heterocycles. The molecule has 0 spiro atoms. The number of hydrogen-bond donors (Lipinski definition) is 0. The van der Waals surface area contributed by atoms with Crippen molar-refractivity contribution in [1.29, 1.82) is 0 Å². The number of benzene rings is 5. The van der Waals surface area contributed by atoms with Crippen molar-refractivity contribution in [2.24, 2.45) is 17.3 Å². The normalized spacial score (nSPS) is 11.5. The molecule has 0 fully saturated rings. The van der Waals surface area contributed by atoms with Gasteiger partial charge in [-0.3, -0.25) is 15.0 Å². The minimum absolute atomic E-state index is 0. The Hall–Kier alpha value is -5.85. The second kappa shape index (κ2) is 23.0. The summed E-state index contributed by atoms with van der Waals surface area (Å²) < 4.78 is 19.6. The molecule has 5 aromatic carbocycles. The molecule has 7 heteroatoms. The summed E-state index contributed by atoms with van der Waals surface area (Å²) in [7, 11) is -1.33. The molecular formula is C61H66FIrN3OSi. The molecule has 0 unspecified atom stereocenters. The van der Waals surface area contributed by atoms with E-state index >= 15 is 0 Å². The maximum absolute atomic E-state index is 13.3. The molecule has 0 aliphatic carbocycles. The number of aromatic nitrogens is 3. The Balaban J connectivity index is 0.000000178. The molecular weight excluding hydrogens is 1030 g/mol. The number of fused-ring (bicyclic) bond motifs is 3. The van der Waals surface area contributed by atoms with Gasteiger partial charge in [-0.15, -0.1) is 0 Å². The van der Waals surface area contributed by atoms with Crippen LogP contribution >= 0.6 is 0 Å². The van der Waals surface area contributed by atoms with Gasteiger partial charge in [-0.25, -0.2) is 4.39 Å². The number of hydrogen-bond acceptors (Lipinski definition) is 4. The molecule has 351 valence electrons. The maximum atomic E-state index is 13.3. The van der Waals surface area contributed by atoms with Crippen LogP contribution in [0.4, 0.5) is 4.39 Å². The first-order valence-corrected chi connectivity index (χ1v) is 27.2. The zero-order valence-electron chi connectivity index (χ0n) is 41.4. The van der Waals surface area contributed by atoms with Gasteiger partial charge in [0.1, 0.15) is 17.0 Å². The summed E-state index contributed by atoms with van der Waals surface area (Å²) in [5.41, 5.74) is 14.4. The predicted molar refractivity (Wildman–Crippen MR) is 285 cm³/mol. The fraction of sp³-hybridized carbons (Fsp3) is 0.262. The maximum Gasteiger partial charge on any atom is 0.144 e. The molecule has 0 amide bonds. The van der Waals surface area contributed by atoms with Crippen LogP contribution in [0.3, 0.4) is 0 Å². The van der Waals surface area contributed by atoms with Gasteiger partial charge in [-0.2, -0.15) is 0 Å². The Morgan fingerprint density at radius 1 is 0.544 bits per heavy atom. The van der Waals surface area contributed by atoms with Crippen molar-refractivity contribution in [2.45, 2.75) is 87.4 Å². The van der Waals surface area contributed by atoms with Crippen LogP contribution in [0.1, 0.15) is 65.2 Å². The molecule has 9 aromatic rings. The number of para-hydroxylation sites is 1. The first kappa shape index (κ1) is 51.5. The Bertz CT molecular complexity index is 3020. The molecule has 0 N–H and O–H groups in total. The van der Waals surface area contributed by atoms with E-state index in [0.717, 1.165) is 75.0 Å². The molecule has 0 aliphatic heterocycles. The molecule has 68 heavy (non-hydrogen) atoms. The number of pyridine rings is 3. The van der Waals surface area contributed by atoms with Crippen molar-refractivity contribution >= 4 is 35.2 Å². The van der Waals surface area contributed by atoms with Crippen molar-refractivity contribution in [3.63, 3.8) is 0 Å². The Labute approximate surface area is 418 Å². The molecule has 4 nitrogen and oxygen atoms in total. The predicted octanol–water partition coefficient (Wildman–Crippen LogP) is 16.5. The van der Waals surface area contributed by atoms with Gasteiger partial charge in [0, 0.05) is 66.2 Å². The van der Waals surface area contributed by atoms with Crippen molar-refractivity contribution in [2.75, 3.05) is 0 Å². The van der Waals surface area contributed by atoms with E-state index in [1.165, 1.54) is 45.1 Å². The van der Waals surface area contributed by atoms with E-state index in [0.29, 0.717) is 11.8 Å². The van der Waals surface area contributed by atoms with Crippen LogP contribution in [-0.2, 0) is 39.4 Å². The molecule has 4 heterocycles.